The summed E-state index contributed by atoms with van der Waals surface area (Å²) in [7, 11) is 0. The maximum absolute atomic E-state index is 13.4. The summed E-state index contributed by atoms with van der Waals surface area (Å²) in [6, 6.07) is 11.6. The van der Waals surface area contributed by atoms with Crippen LogP contribution >= 0.6 is 0 Å². The summed E-state index contributed by atoms with van der Waals surface area (Å²) in [6.07, 6.45) is 4.83. The molecule has 0 fully saturated rings. The molecule has 0 atom stereocenters. The third kappa shape index (κ3) is 2.90. The van der Waals surface area contributed by atoms with Crippen LogP contribution in [0.4, 0.5) is 4.39 Å². The molecule has 0 aliphatic carbocycles. The second-order valence-electron chi connectivity index (χ2n) is 5.75. The second-order valence-corrected chi connectivity index (χ2v) is 5.75. The Morgan fingerprint density at radius 2 is 2.04 bits per heavy atom. The first-order valence-electron chi connectivity index (χ1n) is 7.95. The molecule has 3 aromatic heterocycles. The zero-order valence-electron chi connectivity index (χ0n) is 13.8. The van der Waals surface area contributed by atoms with Crippen LogP contribution in [0.3, 0.4) is 0 Å². The van der Waals surface area contributed by atoms with E-state index >= 15 is 0 Å². The van der Waals surface area contributed by atoms with Crippen LogP contribution in [0.5, 0.6) is 0 Å². The topological polar surface area (TPSA) is 72.7 Å². The van der Waals surface area contributed by atoms with Gasteiger partial charge in [-0.1, -0.05) is 12.1 Å². The molecule has 0 saturated heterocycles. The first-order valence-corrected chi connectivity index (χ1v) is 7.95. The highest BCUT2D eigenvalue weighted by Gasteiger charge is 2.14. The van der Waals surface area contributed by atoms with Crippen LogP contribution in [-0.2, 0) is 0 Å². The van der Waals surface area contributed by atoms with E-state index in [4.69, 9.17) is 0 Å². The Labute approximate surface area is 148 Å². The molecular formula is C19H14FN5O. The van der Waals surface area contributed by atoms with Gasteiger partial charge in [-0.15, -0.1) is 0 Å². The number of benzene rings is 1. The largest absolute Gasteiger partial charge is 0.273 e. The van der Waals surface area contributed by atoms with Gasteiger partial charge >= 0.3 is 0 Å². The fraction of sp³-hybridized carbons (Fsp3) is 0.0526. The third-order valence-electron chi connectivity index (χ3n) is 3.98. The van der Waals surface area contributed by atoms with E-state index in [1.807, 2.05) is 18.2 Å². The van der Waals surface area contributed by atoms with E-state index in [0.717, 1.165) is 5.39 Å². The van der Waals surface area contributed by atoms with Gasteiger partial charge < -0.3 is 0 Å². The lowest BCUT2D eigenvalue weighted by molar-refractivity contribution is 0.101. The van der Waals surface area contributed by atoms with Crippen LogP contribution in [0.15, 0.2) is 61.1 Å². The fourth-order valence-corrected chi connectivity index (χ4v) is 2.68. The van der Waals surface area contributed by atoms with Crippen LogP contribution in [-0.4, -0.2) is 25.5 Å². The van der Waals surface area contributed by atoms with Gasteiger partial charge in [-0.3, -0.25) is 10.2 Å². The van der Waals surface area contributed by atoms with E-state index in [0.29, 0.717) is 28.3 Å². The Balaban J connectivity index is 1.62. The standard InChI is InChI=1S/C19H14FN5O/c1-12-16(11-22-17(23-12)14-4-2-6-15(20)10-14)19(26)24-25-9-7-13-5-3-8-21-18(13)25/h2-11H,1H3,(H,24,26). The number of amides is 1. The zero-order chi connectivity index (χ0) is 18.1. The highest BCUT2D eigenvalue weighted by molar-refractivity contribution is 6.01. The van der Waals surface area contributed by atoms with Gasteiger partial charge in [0.05, 0.1) is 11.3 Å². The van der Waals surface area contributed by atoms with E-state index in [1.54, 1.807) is 36.1 Å². The molecule has 0 spiro atoms. The Bertz CT molecular complexity index is 1120. The van der Waals surface area contributed by atoms with Gasteiger partial charge in [0, 0.05) is 29.5 Å². The first kappa shape index (κ1) is 15.9. The van der Waals surface area contributed by atoms with Crippen molar-refractivity contribution in [1.29, 1.82) is 0 Å². The van der Waals surface area contributed by atoms with E-state index < -0.39 is 0 Å². The number of halogens is 1. The lowest BCUT2D eigenvalue weighted by atomic mass is 10.2. The minimum Gasteiger partial charge on any atom is -0.267 e. The molecule has 0 bridgehead atoms. The number of aromatic nitrogens is 4. The molecule has 1 N–H and O–H groups in total. The van der Waals surface area contributed by atoms with E-state index in [2.05, 4.69) is 20.4 Å². The maximum Gasteiger partial charge on any atom is 0.273 e. The van der Waals surface area contributed by atoms with E-state index in [9.17, 15) is 9.18 Å². The number of fused-ring (bicyclic) bond motifs is 1. The van der Waals surface area contributed by atoms with Crippen LogP contribution in [0.25, 0.3) is 22.4 Å². The van der Waals surface area contributed by atoms with Crippen LogP contribution in [0.2, 0.25) is 0 Å². The number of carbonyl (C=O) groups excluding carboxylic acids is 1. The summed E-state index contributed by atoms with van der Waals surface area (Å²) in [4.78, 5) is 25.4. The van der Waals surface area contributed by atoms with Crippen LogP contribution < -0.4 is 5.43 Å². The monoisotopic (exact) mass is 347 g/mol. The second kappa shape index (κ2) is 6.36. The Hall–Kier alpha value is -3.61. The first-order chi connectivity index (χ1) is 12.6. The van der Waals surface area contributed by atoms with E-state index in [1.165, 1.54) is 18.3 Å². The summed E-state index contributed by atoms with van der Waals surface area (Å²) < 4.78 is 14.9. The van der Waals surface area contributed by atoms with Crippen molar-refractivity contribution in [1.82, 2.24) is 19.6 Å². The third-order valence-corrected chi connectivity index (χ3v) is 3.98. The molecule has 7 heteroatoms. The van der Waals surface area contributed by atoms with Crippen LogP contribution in [0.1, 0.15) is 16.1 Å². The Morgan fingerprint density at radius 3 is 2.85 bits per heavy atom. The number of hydrogen-bond donors (Lipinski definition) is 1. The lowest BCUT2D eigenvalue weighted by Gasteiger charge is -2.10. The average molecular weight is 347 g/mol. The van der Waals surface area contributed by atoms with Crippen molar-refractivity contribution < 1.29 is 9.18 Å². The van der Waals surface area contributed by atoms with Crippen LogP contribution in [0, 0.1) is 12.7 Å². The molecule has 0 aliphatic rings. The summed E-state index contributed by atoms with van der Waals surface area (Å²) in [5.41, 5.74) is 4.81. The molecule has 6 nitrogen and oxygen atoms in total. The maximum atomic E-state index is 13.4. The van der Waals surface area contributed by atoms with Crippen molar-refractivity contribution in [2.45, 2.75) is 6.92 Å². The molecule has 1 amide bonds. The molecule has 0 unspecified atom stereocenters. The Morgan fingerprint density at radius 1 is 1.15 bits per heavy atom. The molecule has 4 aromatic rings. The molecule has 26 heavy (non-hydrogen) atoms. The van der Waals surface area contributed by atoms with Gasteiger partial charge in [-0.2, -0.15) is 0 Å². The van der Waals surface area contributed by atoms with Gasteiger partial charge in [-0.25, -0.2) is 24.0 Å². The molecule has 128 valence electrons. The molecule has 0 radical (unpaired) electrons. The van der Waals surface area contributed by atoms with Gasteiger partial charge in [0.2, 0.25) is 0 Å². The number of carbonyl (C=O) groups is 1. The minimum absolute atomic E-state index is 0.336. The molecule has 1 aromatic carbocycles. The number of nitrogens with one attached hydrogen (secondary N) is 1. The highest BCUT2D eigenvalue weighted by Crippen LogP contribution is 2.18. The Kier molecular flexibility index (Phi) is 3.89. The summed E-state index contributed by atoms with van der Waals surface area (Å²) >= 11 is 0. The number of pyridine rings is 1. The molecule has 0 saturated carbocycles. The fourth-order valence-electron chi connectivity index (χ4n) is 2.68. The van der Waals surface area contributed by atoms with E-state index in [-0.39, 0.29) is 11.7 Å². The predicted molar refractivity (Wildman–Crippen MR) is 95.6 cm³/mol. The normalized spacial score (nSPS) is 10.8. The lowest BCUT2D eigenvalue weighted by Crippen LogP contribution is -2.23. The van der Waals surface area contributed by atoms with Gasteiger partial charge in [-0.05, 0) is 37.3 Å². The predicted octanol–water partition coefficient (Wildman–Crippen LogP) is 3.32. The van der Waals surface area contributed by atoms with Gasteiger partial charge in [0.1, 0.15) is 5.82 Å². The van der Waals surface area contributed by atoms with Crippen molar-refractivity contribution in [3.63, 3.8) is 0 Å². The molecule has 4 rings (SSSR count). The summed E-state index contributed by atoms with van der Waals surface area (Å²) in [5, 5.41) is 0.919. The van der Waals surface area contributed by atoms with Crippen molar-refractivity contribution in [3.05, 3.63) is 78.1 Å². The molecule has 0 aliphatic heterocycles. The smallest absolute Gasteiger partial charge is 0.267 e. The summed E-state index contributed by atoms with van der Waals surface area (Å²) in [6.45, 7) is 1.71. The number of hydrogen-bond acceptors (Lipinski definition) is 4. The van der Waals surface area contributed by atoms with Gasteiger partial charge in [0.15, 0.2) is 11.5 Å². The number of rotatable bonds is 3. The average Bonchev–Trinajstić information content (AvgIpc) is 3.04. The van der Waals surface area contributed by atoms with Crippen molar-refractivity contribution in [2.24, 2.45) is 0 Å². The van der Waals surface area contributed by atoms with Crippen molar-refractivity contribution >= 4 is 16.9 Å². The quantitative estimate of drug-likeness (QED) is 0.617. The zero-order valence-corrected chi connectivity index (χ0v) is 13.8. The SMILES string of the molecule is Cc1nc(-c2cccc(F)c2)ncc1C(=O)Nn1ccc2cccnc21. The number of aryl methyl sites for hydroxylation is 1. The molecule has 3 heterocycles. The van der Waals surface area contributed by atoms with Crippen molar-refractivity contribution in [3.8, 4) is 11.4 Å². The van der Waals surface area contributed by atoms with Gasteiger partial charge in [0.25, 0.3) is 5.91 Å². The highest BCUT2D eigenvalue weighted by atomic mass is 19.1. The van der Waals surface area contributed by atoms with Crippen molar-refractivity contribution in [2.75, 3.05) is 5.43 Å². The molecular weight excluding hydrogens is 333 g/mol. The minimum atomic E-state index is -0.363. The summed E-state index contributed by atoms with van der Waals surface area (Å²) in [5.74, 6) is -0.347. The number of nitrogens with zero attached hydrogens (tertiary/aromatic N) is 4.